The van der Waals surface area contributed by atoms with Gasteiger partial charge in [0.05, 0.1) is 34.1 Å². The monoisotopic (exact) mass is 866 g/mol. The minimum Gasteiger partial charge on any atom is -0.370 e. The van der Waals surface area contributed by atoms with Crippen LogP contribution in [0.4, 0.5) is 5.69 Å². The van der Waals surface area contributed by atoms with Gasteiger partial charge < -0.3 is 19.8 Å². The van der Waals surface area contributed by atoms with E-state index in [0.717, 1.165) is 121 Å². The van der Waals surface area contributed by atoms with Gasteiger partial charge in [-0.1, -0.05) is 39.2 Å². The highest BCUT2D eigenvalue weighted by Crippen LogP contribution is 2.32. The molecular weight excluding hydrogens is 809 g/mol. The smallest absolute Gasteiger partial charge is 0.180 e. The Kier molecular flexibility index (Phi) is 13.8. The number of hydrogen-bond acceptors (Lipinski definition) is 10. The molecule has 14 heteroatoms. The zero-order valence-corrected chi connectivity index (χ0v) is 38.1. The van der Waals surface area contributed by atoms with Gasteiger partial charge in [-0.05, 0) is 118 Å². The fourth-order valence-corrected chi connectivity index (χ4v) is 8.49. The molecule has 2 aliphatic rings. The number of nitrogens with one attached hydrogen (secondary N) is 4. The van der Waals surface area contributed by atoms with Crippen molar-refractivity contribution < 1.29 is 0 Å². The lowest BCUT2D eigenvalue weighted by Crippen LogP contribution is -2.29. The van der Waals surface area contributed by atoms with Gasteiger partial charge in [-0.15, -0.1) is 0 Å². The number of allylic oxidation sites excluding steroid dienone is 3. The van der Waals surface area contributed by atoms with Gasteiger partial charge in [0.15, 0.2) is 17.3 Å². The summed E-state index contributed by atoms with van der Waals surface area (Å²) in [5.41, 5.74) is 13.2. The minimum absolute atomic E-state index is 0.697. The van der Waals surface area contributed by atoms with E-state index >= 15 is 0 Å². The molecule has 0 amide bonds. The number of nitrogens with zero attached hydrogens (tertiary/aromatic N) is 10. The number of rotatable bonds is 9. The van der Waals surface area contributed by atoms with Crippen molar-refractivity contribution in [2.24, 2.45) is 0 Å². The Labute approximate surface area is 379 Å². The summed E-state index contributed by atoms with van der Waals surface area (Å²) in [7, 11) is 0. The normalized spacial score (nSPS) is 14.9. The molecule has 10 heterocycles. The van der Waals surface area contributed by atoms with E-state index in [1.54, 1.807) is 12.4 Å². The number of imidazole rings is 2. The highest BCUT2D eigenvalue weighted by atomic mass is 15.2. The topological polar surface area (TPSA) is 173 Å². The Bertz CT molecular complexity index is 3060. The number of H-pyrrole nitrogens is 4. The molecule has 0 aliphatic carbocycles. The average molecular weight is 867 g/mol. The van der Waals surface area contributed by atoms with Gasteiger partial charge in [0.1, 0.15) is 22.6 Å². The Morgan fingerprint density at radius 3 is 2.25 bits per heavy atom. The summed E-state index contributed by atoms with van der Waals surface area (Å²) in [5.74, 6) is 1.44. The van der Waals surface area contributed by atoms with E-state index in [4.69, 9.17) is 9.97 Å². The van der Waals surface area contributed by atoms with Gasteiger partial charge in [-0.25, -0.2) is 15.0 Å². The van der Waals surface area contributed by atoms with Crippen molar-refractivity contribution in [3.63, 3.8) is 0 Å². The van der Waals surface area contributed by atoms with E-state index < -0.39 is 0 Å². The molecule has 8 aromatic rings. The number of likely N-dealkylation sites (tertiary alicyclic amines) is 1. The summed E-state index contributed by atoms with van der Waals surface area (Å²) in [4.78, 5) is 39.0. The van der Waals surface area contributed by atoms with E-state index in [1.807, 2.05) is 88.9 Å². The molecule has 10 rings (SSSR count). The van der Waals surface area contributed by atoms with E-state index in [2.05, 4.69) is 98.4 Å². The van der Waals surface area contributed by atoms with Gasteiger partial charge in [-0.3, -0.25) is 25.1 Å². The highest BCUT2D eigenvalue weighted by Gasteiger charge is 2.22. The second-order valence-electron chi connectivity index (χ2n) is 16.1. The van der Waals surface area contributed by atoms with Crippen LogP contribution in [-0.4, -0.2) is 91.3 Å². The first-order chi connectivity index (χ1) is 31.9. The number of aromatic nitrogens is 12. The molecule has 0 unspecified atom stereocenters. The zero-order chi connectivity index (χ0) is 45.3. The van der Waals surface area contributed by atoms with E-state index in [-0.39, 0.29) is 0 Å². The largest absolute Gasteiger partial charge is 0.370 e. The molecule has 0 saturated carbocycles. The number of aromatic amines is 4. The first kappa shape index (κ1) is 44.1. The first-order valence-electron chi connectivity index (χ1n) is 22.7. The van der Waals surface area contributed by atoms with Crippen molar-refractivity contribution >= 4 is 51.2 Å². The number of anilines is 1. The second kappa shape index (κ2) is 20.4. The first-order valence-corrected chi connectivity index (χ1v) is 22.7. The Morgan fingerprint density at radius 2 is 1.51 bits per heavy atom. The number of aryl methyl sites for hydroxylation is 2. The van der Waals surface area contributed by atoms with Crippen molar-refractivity contribution in [3.8, 4) is 34.3 Å². The van der Waals surface area contributed by atoms with Crippen LogP contribution in [-0.2, 0) is 0 Å². The van der Waals surface area contributed by atoms with E-state index in [9.17, 15) is 0 Å². The molecule has 0 radical (unpaired) electrons. The standard InChI is InChI=1S/C25H27N7.C24H25N7.C2H6/c1-4-20-19(13-17(3)18-12-16(2)14-26-15-18)22(31-30-20)25-28-23-21(8-9-27-24(23)29-25)32-10-6-5-7-11-32;1-3-7-21(31-12-5-4-6-13-31)22-16(2)27-24(28-22)23-18-14-19(17-8-10-25-11-9-17)26-15-20(18)29-30-23;1-2/h4,8-9,12-15,30H,3,5-7,10-11H2,1-2H3,(H,27,28,29);3,7-11,14-15H,1,4-6,12-13H2,2H3,(H,27,28)(H,29,30);1-2H3/b19-13+,20-4+;21-7+;. The van der Waals surface area contributed by atoms with Gasteiger partial charge >= 0.3 is 0 Å². The summed E-state index contributed by atoms with van der Waals surface area (Å²) >= 11 is 0. The second-order valence-corrected chi connectivity index (χ2v) is 16.1. The molecule has 8 aromatic heterocycles. The third-order valence-electron chi connectivity index (χ3n) is 11.7. The highest BCUT2D eigenvalue weighted by molar-refractivity contribution is 5.93. The quantitative estimate of drug-likeness (QED) is 0.103. The summed E-state index contributed by atoms with van der Waals surface area (Å²) in [6, 6.07) is 10.1. The predicted molar refractivity (Wildman–Crippen MR) is 264 cm³/mol. The van der Waals surface area contributed by atoms with Gasteiger partial charge in [0.2, 0.25) is 0 Å². The summed E-state index contributed by atoms with van der Waals surface area (Å²) in [6.07, 6.45) is 26.2. The molecule has 0 spiro atoms. The van der Waals surface area contributed by atoms with Crippen LogP contribution in [0.2, 0.25) is 0 Å². The van der Waals surface area contributed by atoms with Crippen LogP contribution in [0, 0.1) is 13.8 Å². The summed E-state index contributed by atoms with van der Waals surface area (Å²) in [6.45, 7) is 22.5. The van der Waals surface area contributed by atoms with Gasteiger partial charge in [0.25, 0.3) is 0 Å². The van der Waals surface area contributed by atoms with E-state index in [1.165, 1.54) is 38.5 Å². The number of hydrogen-bond donors (Lipinski definition) is 4. The van der Waals surface area contributed by atoms with Crippen molar-refractivity contribution in [1.29, 1.82) is 0 Å². The Balaban J connectivity index is 0.000000171. The fourth-order valence-electron chi connectivity index (χ4n) is 8.49. The Hall–Kier alpha value is -7.48. The van der Waals surface area contributed by atoms with Gasteiger partial charge in [0, 0.05) is 79.0 Å². The molecule has 2 fully saturated rings. The van der Waals surface area contributed by atoms with Gasteiger partial charge in [-0.2, -0.15) is 10.2 Å². The molecule has 2 saturated heterocycles. The number of pyridine rings is 4. The van der Waals surface area contributed by atoms with Crippen molar-refractivity contribution in [3.05, 3.63) is 126 Å². The third-order valence-corrected chi connectivity index (χ3v) is 11.7. The van der Waals surface area contributed by atoms with Crippen LogP contribution in [0.1, 0.15) is 81.8 Å². The molecule has 4 N–H and O–H groups in total. The Morgan fingerprint density at radius 1 is 0.769 bits per heavy atom. The average Bonchev–Trinajstić information content (AvgIpc) is 4.17. The number of fused-ring (bicyclic) bond motifs is 2. The van der Waals surface area contributed by atoms with Crippen LogP contribution in [0.3, 0.4) is 0 Å². The zero-order valence-electron chi connectivity index (χ0n) is 38.1. The molecular formula is C51H58N14. The lowest BCUT2D eigenvalue weighted by Gasteiger charge is -2.30. The molecule has 332 valence electrons. The van der Waals surface area contributed by atoms with Crippen molar-refractivity contribution in [2.75, 3.05) is 31.1 Å². The molecule has 14 nitrogen and oxygen atoms in total. The van der Waals surface area contributed by atoms with Crippen molar-refractivity contribution in [2.45, 2.75) is 73.1 Å². The van der Waals surface area contributed by atoms with Crippen molar-refractivity contribution in [1.82, 2.24) is 65.2 Å². The lowest BCUT2D eigenvalue weighted by atomic mass is 10.1. The van der Waals surface area contributed by atoms with Crippen LogP contribution < -0.4 is 15.5 Å². The molecule has 0 aromatic carbocycles. The minimum atomic E-state index is 0.697. The third kappa shape index (κ3) is 9.57. The van der Waals surface area contributed by atoms with E-state index in [0.29, 0.717) is 11.5 Å². The van der Waals surface area contributed by atoms with Crippen LogP contribution >= 0.6 is 0 Å². The maximum absolute atomic E-state index is 4.97. The molecule has 0 atom stereocenters. The van der Waals surface area contributed by atoms with Crippen LogP contribution in [0.5, 0.6) is 0 Å². The summed E-state index contributed by atoms with van der Waals surface area (Å²) < 4.78 is 0. The molecule has 2 aliphatic heterocycles. The fraction of sp³-hybridized carbons (Fsp3) is 0.294. The van der Waals surface area contributed by atoms with Crippen LogP contribution in [0.25, 0.3) is 79.8 Å². The number of piperidine rings is 2. The summed E-state index contributed by atoms with van der Waals surface area (Å²) in [5, 5.41) is 18.2. The van der Waals surface area contributed by atoms with Crippen LogP contribution in [0.15, 0.2) is 92.8 Å². The molecule has 0 bridgehead atoms. The maximum atomic E-state index is 4.97. The molecule has 65 heavy (non-hydrogen) atoms. The lowest BCUT2D eigenvalue weighted by molar-refractivity contribution is 0.325. The predicted octanol–water partition coefficient (Wildman–Crippen LogP) is 9.09. The SMILES string of the molecule is C=C(/C=c1/c(-c2nc3nccc(N4CCCCC4)c3[nH]2)n[nH]/c1=C/C)c1cncc(C)c1.C=C/C=C(\c1nc(-c2n[nH]c3cnc(-c4ccncc4)cc23)[nH]c1C)N1CCCCC1.CC. The maximum Gasteiger partial charge on any atom is 0.180 e.